The lowest BCUT2D eigenvalue weighted by atomic mass is 10.0. The number of esters is 1. The van der Waals surface area contributed by atoms with E-state index >= 15 is 0 Å². The molecule has 0 saturated carbocycles. The maximum Gasteiger partial charge on any atom is 0.313 e. The number of hydrogen-bond acceptors (Lipinski definition) is 3. The van der Waals surface area contributed by atoms with Gasteiger partial charge in [0.05, 0.1) is 5.92 Å². The molecule has 2 aromatic rings. The summed E-state index contributed by atoms with van der Waals surface area (Å²) in [6, 6.07) is 18.3. The van der Waals surface area contributed by atoms with E-state index in [-0.39, 0.29) is 23.2 Å². The summed E-state index contributed by atoms with van der Waals surface area (Å²) in [6.45, 7) is 10.2. The van der Waals surface area contributed by atoms with E-state index in [9.17, 15) is 4.79 Å². The van der Waals surface area contributed by atoms with Crippen LogP contribution in [0.3, 0.4) is 0 Å². The molecule has 0 fully saturated rings. The van der Waals surface area contributed by atoms with Crippen molar-refractivity contribution in [1.29, 1.82) is 0 Å². The Hall–Kier alpha value is -2.00. The van der Waals surface area contributed by atoms with E-state index in [4.69, 9.17) is 4.74 Å². The quantitative estimate of drug-likeness (QED) is 0.294. The van der Waals surface area contributed by atoms with E-state index in [1.807, 2.05) is 44.2 Å². The molecular weight excluding hydrogens is 352 g/mol. The van der Waals surface area contributed by atoms with E-state index < -0.39 is 0 Å². The lowest BCUT2D eigenvalue weighted by Gasteiger charge is -2.24. The average Bonchev–Trinajstić information content (AvgIpc) is 2.66. The monoisotopic (exact) mass is 382 g/mol. The van der Waals surface area contributed by atoms with Crippen LogP contribution in [0.25, 0.3) is 0 Å². The van der Waals surface area contributed by atoms with Gasteiger partial charge in [-0.2, -0.15) is 0 Å². The van der Waals surface area contributed by atoms with E-state index in [1.54, 1.807) is 11.8 Å². The molecule has 0 radical (unpaired) electrons. The van der Waals surface area contributed by atoms with Gasteiger partial charge in [0.25, 0.3) is 0 Å². The van der Waals surface area contributed by atoms with Crippen molar-refractivity contribution in [3.8, 4) is 0 Å². The number of carbonyl (C=O) groups excluding carboxylic acids is 1. The summed E-state index contributed by atoms with van der Waals surface area (Å²) < 4.78 is 5.87. The SMILES string of the molecule is CC(C)=CC[C@H](Sc1ccc(C)cc1)[C@H](C)OC(=O)[C@H](C)c1ccccc1. The fraction of sp³-hybridized carbons (Fsp3) is 0.375. The molecular formula is C24H30O2S. The summed E-state index contributed by atoms with van der Waals surface area (Å²) >= 11 is 1.78. The molecule has 3 atom stereocenters. The topological polar surface area (TPSA) is 26.3 Å². The summed E-state index contributed by atoms with van der Waals surface area (Å²) in [5.74, 6) is -0.428. The number of ether oxygens (including phenoxy) is 1. The molecule has 2 nitrogen and oxygen atoms in total. The zero-order valence-electron chi connectivity index (χ0n) is 16.9. The molecule has 2 aromatic carbocycles. The summed E-state index contributed by atoms with van der Waals surface area (Å²) in [6.07, 6.45) is 2.91. The lowest BCUT2D eigenvalue weighted by molar-refractivity contribution is -0.149. The van der Waals surface area contributed by atoms with Crippen LogP contribution in [-0.4, -0.2) is 17.3 Å². The van der Waals surface area contributed by atoms with Gasteiger partial charge in [-0.05, 0) is 58.7 Å². The molecule has 0 aliphatic heterocycles. The third-order valence-corrected chi connectivity index (χ3v) is 5.97. The minimum Gasteiger partial charge on any atom is -0.461 e. The van der Waals surface area contributed by atoms with Gasteiger partial charge in [-0.3, -0.25) is 4.79 Å². The number of hydrogen-bond donors (Lipinski definition) is 0. The highest BCUT2D eigenvalue weighted by Crippen LogP contribution is 2.31. The van der Waals surface area contributed by atoms with E-state index in [1.165, 1.54) is 16.0 Å². The number of thioether (sulfide) groups is 1. The fourth-order valence-electron chi connectivity index (χ4n) is 2.72. The van der Waals surface area contributed by atoms with Gasteiger partial charge < -0.3 is 4.74 Å². The molecule has 27 heavy (non-hydrogen) atoms. The van der Waals surface area contributed by atoms with Crippen LogP contribution in [0.15, 0.2) is 71.1 Å². The largest absolute Gasteiger partial charge is 0.461 e. The van der Waals surface area contributed by atoms with Crippen molar-refractivity contribution in [2.75, 3.05) is 0 Å². The van der Waals surface area contributed by atoms with Gasteiger partial charge in [0.2, 0.25) is 0 Å². The molecule has 0 amide bonds. The molecule has 144 valence electrons. The zero-order valence-corrected chi connectivity index (χ0v) is 17.8. The van der Waals surface area contributed by atoms with Crippen LogP contribution in [-0.2, 0) is 9.53 Å². The first-order valence-electron chi connectivity index (χ1n) is 9.49. The Morgan fingerprint density at radius 2 is 1.67 bits per heavy atom. The molecule has 0 heterocycles. The highest BCUT2D eigenvalue weighted by Gasteiger charge is 2.25. The van der Waals surface area contributed by atoms with Crippen LogP contribution in [0.5, 0.6) is 0 Å². The number of allylic oxidation sites excluding steroid dienone is 2. The Morgan fingerprint density at radius 3 is 2.26 bits per heavy atom. The average molecular weight is 383 g/mol. The van der Waals surface area contributed by atoms with E-state index in [0.717, 1.165) is 12.0 Å². The van der Waals surface area contributed by atoms with E-state index in [0.29, 0.717) is 0 Å². The van der Waals surface area contributed by atoms with Crippen molar-refractivity contribution >= 4 is 17.7 Å². The minimum atomic E-state index is -0.262. The first kappa shape index (κ1) is 21.3. The second-order valence-corrected chi connectivity index (χ2v) is 8.57. The van der Waals surface area contributed by atoms with Crippen LogP contribution in [0.2, 0.25) is 0 Å². The minimum absolute atomic E-state index is 0.166. The van der Waals surface area contributed by atoms with Crippen LogP contribution < -0.4 is 0 Å². The summed E-state index contributed by atoms with van der Waals surface area (Å²) in [5.41, 5.74) is 3.51. The van der Waals surface area contributed by atoms with Crippen LogP contribution in [0, 0.1) is 6.92 Å². The van der Waals surface area contributed by atoms with Gasteiger partial charge in [-0.15, -0.1) is 11.8 Å². The van der Waals surface area contributed by atoms with Crippen LogP contribution in [0.1, 0.15) is 51.2 Å². The van der Waals surface area contributed by atoms with Crippen LogP contribution in [0.4, 0.5) is 0 Å². The number of carbonyl (C=O) groups is 1. The Morgan fingerprint density at radius 1 is 1.04 bits per heavy atom. The smallest absolute Gasteiger partial charge is 0.313 e. The fourth-order valence-corrected chi connectivity index (χ4v) is 3.80. The first-order valence-corrected chi connectivity index (χ1v) is 10.4. The Balaban J connectivity index is 2.07. The van der Waals surface area contributed by atoms with Crippen LogP contribution >= 0.6 is 11.8 Å². The van der Waals surface area contributed by atoms with Crippen molar-refractivity contribution in [3.63, 3.8) is 0 Å². The summed E-state index contributed by atoms with van der Waals surface area (Å²) in [5, 5.41) is 0.175. The first-order chi connectivity index (χ1) is 12.9. The highest BCUT2D eigenvalue weighted by molar-refractivity contribution is 8.00. The van der Waals surface area contributed by atoms with Gasteiger partial charge in [0, 0.05) is 10.1 Å². The third kappa shape index (κ3) is 6.91. The molecule has 0 aliphatic carbocycles. The molecule has 3 heteroatoms. The molecule has 0 saturated heterocycles. The molecule has 2 rings (SSSR count). The van der Waals surface area contributed by atoms with Gasteiger partial charge in [-0.25, -0.2) is 0 Å². The van der Waals surface area contributed by atoms with Gasteiger partial charge in [-0.1, -0.05) is 59.7 Å². The van der Waals surface area contributed by atoms with Gasteiger partial charge in [0.1, 0.15) is 6.10 Å². The number of rotatable bonds is 8. The van der Waals surface area contributed by atoms with Crippen molar-refractivity contribution < 1.29 is 9.53 Å². The third-order valence-electron chi connectivity index (χ3n) is 4.55. The number of benzene rings is 2. The van der Waals surface area contributed by atoms with Gasteiger partial charge in [0.15, 0.2) is 0 Å². The van der Waals surface area contributed by atoms with Gasteiger partial charge >= 0.3 is 5.97 Å². The van der Waals surface area contributed by atoms with Crippen molar-refractivity contribution in [3.05, 3.63) is 77.4 Å². The predicted molar refractivity (Wildman–Crippen MR) is 115 cm³/mol. The second-order valence-electron chi connectivity index (χ2n) is 7.26. The molecule has 0 bridgehead atoms. The Labute approximate surface area is 168 Å². The van der Waals surface area contributed by atoms with Crippen molar-refractivity contribution in [1.82, 2.24) is 0 Å². The maximum absolute atomic E-state index is 12.6. The predicted octanol–water partition coefficient (Wildman–Crippen LogP) is 6.55. The molecule has 0 spiro atoms. The molecule has 0 aromatic heterocycles. The van der Waals surface area contributed by atoms with E-state index in [2.05, 4.69) is 51.1 Å². The van der Waals surface area contributed by atoms with Crippen molar-refractivity contribution in [2.24, 2.45) is 0 Å². The summed E-state index contributed by atoms with van der Waals surface area (Å²) in [7, 11) is 0. The second kappa shape index (κ2) is 10.4. The zero-order chi connectivity index (χ0) is 19.8. The Bertz CT molecular complexity index is 746. The summed E-state index contributed by atoms with van der Waals surface area (Å²) in [4.78, 5) is 13.8. The molecule has 0 unspecified atom stereocenters. The molecule has 0 aliphatic rings. The van der Waals surface area contributed by atoms with Crippen molar-refractivity contribution in [2.45, 2.75) is 63.2 Å². The number of aryl methyl sites for hydroxylation is 1. The lowest BCUT2D eigenvalue weighted by Crippen LogP contribution is -2.28. The highest BCUT2D eigenvalue weighted by atomic mass is 32.2. The standard InChI is InChI=1S/C24H30O2S/c1-17(2)11-16-23(27-22-14-12-18(3)13-15-22)20(5)26-24(25)19(4)21-9-7-6-8-10-21/h6-15,19-20,23H,16H2,1-5H3/t19-,20+,23+/m1/s1. The Kier molecular flexibility index (Phi) is 8.18. The maximum atomic E-state index is 12.6. The normalized spacial score (nSPS) is 14.1. The molecule has 0 N–H and O–H groups in total.